The van der Waals surface area contributed by atoms with Gasteiger partial charge in [0, 0.05) is 12.5 Å². The highest BCUT2D eigenvalue weighted by molar-refractivity contribution is 5.67. The van der Waals surface area contributed by atoms with Crippen LogP contribution in [0.3, 0.4) is 0 Å². The van der Waals surface area contributed by atoms with Crippen molar-refractivity contribution in [3.8, 4) is 0 Å². The first-order valence-corrected chi connectivity index (χ1v) is 6.76. The van der Waals surface area contributed by atoms with E-state index in [1.807, 2.05) is 25.2 Å². The maximum Gasteiger partial charge on any atom is 0.306 e. The molecular formula is C16H22N2O3. The summed E-state index contributed by atoms with van der Waals surface area (Å²) in [5.74, 6) is -0.824. The topological polar surface area (TPSA) is 54.1 Å². The minimum absolute atomic E-state index is 0.0284. The molecule has 1 aromatic carbocycles. The van der Waals surface area contributed by atoms with Gasteiger partial charge in [-0.1, -0.05) is 44.2 Å². The second-order valence-electron chi connectivity index (χ2n) is 5.60. The molecule has 5 heteroatoms. The molecule has 0 spiro atoms. The molecule has 1 heterocycles. The van der Waals surface area contributed by atoms with Crippen molar-refractivity contribution < 1.29 is 14.7 Å². The van der Waals surface area contributed by atoms with Gasteiger partial charge in [-0.15, -0.1) is 0 Å². The van der Waals surface area contributed by atoms with E-state index in [9.17, 15) is 4.79 Å². The first-order valence-electron chi connectivity index (χ1n) is 6.76. The average Bonchev–Trinajstić information content (AvgIpc) is 2.60. The fourth-order valence-electron chi connectivity index (χ4n) is 2.78. The molecule has 1 N–H and O–H groups in total. The molecule has 0 radical (unpaired) electrons. The van der Waals surface area contributed by atoms with E-state index in [2.05, 4.69) is 30.8 Å². The largest absolute Gasteiger partial charge is 0.481 e. The maximum atomic E-state index is 10.9. The van der Waals surface area contributed by atoms with Crippen molar-refractivity contribution in [2.24, 2.45) is 5.41 Å². The minimum Gasteiger partial charge on any atom is -0.481 e. The van der Waals surface area contributed by atoms with E-state index < -0.39 is 5.97 Å². The van der Waals surface area contributed by atoms with Crippen molar-refractivity contribution in [1.29, 1.82) is 0 Å². The van der Waals surface area contributed by atoms with Crippen LogP contribution in [0.1, 0.15) is 31.9 Å². The Labute approximate surface area is 125 Å². The Morgan fingerprint density at radius 2 is 1.95 bits per heavy atom. The Balaban J connectivity index is 0.000000677. The number of hydroxylamine groups is 2. The van der Waals surface area contributed by atoms with Crippen LogP contribution in [0, 0.1) is 12.0 Å². The van der Waals surface area contributed by atoms with Crippen LogP contribution < -0.4 is 0 Å². The summed E-state index contributed by atoms with van der Waals surface area (Å²) in [6, 6.07) is 10.1. The van der Waals surface area contributed by atoms with Gasteiger partial charge < -0.3 is 9.95 Å². The van der Waals surface area contributed by atoms with Crippen LogP contribution in [0.5, 0.6) is 0 Å². The molecule has 2 unspecified atom stereocenters. The SMILES string of the molecule is CN1OC(CC(=O)O)C(C)(C)C1c1ccccc1.[C-]#[N+]C. The van der Waals surface area contributed by atoms with Gasteiger partial charge in [-0.2, -0.15) is 5.06 Å². The third-order valence-corrected chi connectivity index (χ3v) is 3.67. The van der Waals surface area contributed by atoms with Gasteiger partial charge in [0.1, 0.15) is 0 Å². The summed E-state index contributed by atoms with van der Waals surface area (Å²) in [7, 11) is 3.28. The molecule has 114 valence electrons. The predicted octanol–water partition coefficient (Wildman–Crippen LogP) is 3.01. The molecule has 21 heavy (non-hydrogen) atoms. The number of hydrogen-bond donors (Lipinski definition) is 1. The van der Waals surface area contributed by atoms with Crippen molar-refractivity contribution in [3.05, 3.63) is 47.3 Å². The summed E-state index contributed by atoms with van der Waals surface area (Å²) >= 11 is 0. The highest BCUT2D eigenvalue weighted by Crippen LogP contribution is 2.48. The molecule has 2 rings (SSSR count). The number of carboxylic acid groups (broad SMARTS) is 1. The second kappa shape index (κ2) is 7.21. The molecule has 1 aliphatic rings. The Morgan fingerprint density at radius 3 is 2.43 bits per heavy atom. The zero-order valence-electron chi connectivity index (χ0n) is 12.9. The smallest absolute Gasteiger partial charge is 0.306 e. The van der Waals surface area contributed by atoms with Crippen molar-refractivity contribution in [1.82, 2.24) is 5.06 Å². The number of aliphatic carboxylic acids is 1. The third kappa shape index (κ3) is 4.03. The van der Waals surface area contributed by atoms with E-state index in [0.29, 0.717) is 0 Å². The zero-order valence-corrected chi connectivity index (χ0v) is 12.9. The Kier molecular flexibility index (Phi) is 5.89. The molecule has 0 bridgehead atoms. The van der Waals surface area contributed by atoms with Crippen molar-refractivity contribution >= 4 is 5.97 Å². The van der Waals surface area contributed by atoms with Gasteiger partial charge in [-0.25, -0.2) is 6.57 Å². The van der Waals surface area contributed by atoms with Crippen LogP contribution in [0.4, 0.5) is 0 Å². The minimum atomic E-state index is -0.824. The first-order chi connectivity index (χ1) is 9.84. The van der Waals surface area contributed by atoms with Crippen molar-refractivity contribution in [3.63, 3.8) is 0 Å². The Hall–Kier alpha value is -1.90. The van der Waals surface area contributed by atoms with Crippen LogP contribution in [-0.2, 0) is 9.63 Å². The number of carboxylic acids is 1. The lowest BCUT2D eigenvalue weighted by Crippen LogP contribution is -2.31. The van der Waals surface area contributed by atoms with Gasteiger partial charge >= 0.3 is 5.97 Å². The lowest BCUT2D eigenvalue weighted by molar-refractivity contribution is -0.161. The quantitative estimate of drug-likeness (QED) is 0.869. The monoisotopic (exact) mass is 290 g/mol. The van der Waals surface area contributed by atoms with E-state index in [1.165, 1.54) is 7.05 Å². The molecule has 1 saturated heterocycles. The summed E-state index contributed by atoms with van der Waals surface area (Å²) in [6.45, 7) is 9.95. The van der Waals surface area contributed by atoms with Crippen LogP contribution in [-0.4, -0.2) is 36.3 Å². The molecule has 0 saturated carbocycles. The van der Waals surface area contributed by atoms with Gasteiger partial charge in [0.15, 0.2) is 0 Å². The highest BCUT2D eigenvalue weighted by Gasteiger charge is 2.49. The molecule has 0 aliphatic carbocycles. The normalized spacial score (nSPS) is 23.8. The van der Waals surface area contributed by atoms with Crippen LogP contribution in [0.15, 0.2) is 30.3 Å². The fraction of sp³-hybridized carbons (Fsp3) is 0.500. The molecule has 5 nitrogen and oxygen atoms in total. The van der Waals surface area contributed by atoms with Crippen LogP contribution in [0.25, 0.3) is 4.85 Å². The average molecular weight is 290 g/mol. The van der Waals surface area contributed by atoms with E-state index in [1.54, 1.807) is 5.06 Å². The fourth-order valence-corrected chi connectivity index (χ4v) is 2.78. The van der Waals surface area contributed by atoms with Gasteiger partial charge in [0.25, 0.3) is 0 Å². The second-order valence-corrected chi connectivity index (χ2v) is 5.60. The number of nitrogens with zero attached hydrogens (tertiary/aromatic N) is 2. The molecule has 0 amide bonds. The van der Waals surface area contributed by atoms with Crippen LogP contribution >= 0.6 is 0 Å². The van der Waals surface area contributed by atoms with Crippen molar-refractivity contribution in [2.45, 2.75) is 32.4 Å². The van der Waals surface area contributed by atoms with Gasteiger partial charge in [0.05, 0.1) is 18.6 Å². The molecule has 0 aromatic heterocycles. The van der Waals surface area contributed by atoms with E-state index in [-0.39, 0.29) is 24.0 Å². The number of rotatable bonds is 3. The van der Waals surface area contributed by atoms with Crippen LogP contribution in [0.2, 0.25) is 0 Å². The summed E-state index contributed by atoms with van der Waals surface area (Å²) in [4.78, 5) is 19.4. The lowest BCUT2D eigenvalue weighted by Gasteiger charge is -2.30. The van der Waals surface area contributed by atoms with E-state index >= 15 is 0 Å². The molecule has 1 fully saturated rings. The molecule has 1 aliphatic heterocycles. The number of hydrogen-bond acceptors (Lipinski definition) is 3. The standard InChI is InChI=1S/C14H19NO3.C2H3N/c1-14(2)11(9-12(16)17)18-15(3)13(14)10-7-5-4-6-8-10;1-3-2/h4-8,11,13H,9H2,1-3H3,(H,16,17);1H3. The Morgan fingerprint density at radius 1 is 1.43 bits per heavy atom. The summed E-state index contributed by atoms with van der Waals surface area (Å²) in [5, 5.41) is 10.7. The molecule has 1 aromatic rings. The summed E-state index contributed by atoms with van der Waals surface area (Å²) in [5.41, 5.74) is 0.909. The summed E-state index contributed by atoms with van der Waals surface area (Å²) < 4.78 is 0. The third-order valence-electron chi connectivity index (χ3n) is 3.67. The molecule has 2 atom stereocenters. The predicted molar refractivity (Wildman–Crippen MR) is 80.4 cm³/mol. The van der Waals surface area contributed by atoms with E-state index in [0.717, 1.165) is 5.56 Å². The maximum absolute atomic E-state index is 10.9. The Bertz CT molecular complexity index is 508. The van der Waals surface area contributed by atoms with E-state index in [4.69, 9.17) is 16.5 Å². The van der Waals surface area contributed by atoms with Gasteiger partial charge in [-0.05, 0) is 5.56 Å². The lowest BCUT2D eigenvalue weighted by atomic mass is 9.76. The highest BCUT2D eigenvalue weighted by atomic mass is 16.7. The molecular weight excluding hydrogens is 268 g/mol. The van der Waals surface area contributed by atoms with Crippen molar-refractivity contribution in [2.75, 3.05) is 14.1 Å². The van der Waals surface area contributed by atoms with Gasteiger partial charge in [-0.3, -0.25) is 9.63 Å². The number of benzene rings is 1. The summed E-state index contributed by atoms with van der Waals surface area (Å²) in [6.07, 6.45) is -0.272. The zero-order chi connectivity index (χ0) is 16.0. The number of carbonyl (C=O) groups is 1. The first kappa shape index (κ1) is 17.2. The van der Waals surface area contributed by atoms with Gasteiger partial charge in [0.2, 0.25) is 7.05 Å².